The minimum atomic E-state index is -0.545. The Bertz CT molecular complexity index is 473. The van der Waals surface area contributed by atoms with E-state index in [0.29, 0.717) is 23.8 Å². The highest BCUT2D eigenvalue weighted by molar-refractivity contribution is 9.09. The number of hydrogen-bond donors (Lipinski definition) is 0. The topological polar surface area (TPSA) is 20.3 Å². The molecule has 1 saturated heterocycles. The molecule has 1 atom stereocenters. The Morgan fingerprint density at radius 1 is 1.47 bits per heavy atom. The first kappa shape index (κ1) is 14.8. The lowest BCUT2D eigenvalue weighted by Crippen LogP contribution is -2.40. The maximum Gasteiger partial charge on any atom is 0.255 e. The summed E-state index contributed by atoms with van der Waals surface area (Å²) in [4.78, 5) is 14.5. The Kier molecular flexibility index (Phi) is 4.85. The van der Waals surface area contributed by atoms with E-state index in [-0.39, 0.29) is 16.5 Å². The summed E-state index contributed by atoms with van der Waals surface area (Å²) in [7, 11) is 0. The molecule has 0 spiro atoms. The highest BCUT2D eigenvalue weighted by Gasteiger charge is 2.27. The number of nitrogens with zero attached hydrogens (tertiary/aromatic N) is 1. The van der Waals surface area contributed by atoms with Gasteiger partial charge in [-0.2, -0.15) is 0 Å². The van der Waals surface area contributed by atoms with Crippen LogP contribution < -0.4 is 0 Å². The van der Waals surface area contributed by atoms with E-state index >= 15 is 0 Å². The predicted molar refractivity (Wildman–Crippen MR) is 78.4 cm³/mol. The van der Waals surface area contributed by atoms with E-state index in [4.69, 9.17) is 11.6 Å². The summed E-state index contributed by atoms with van der Waals surface area (Å²) in [6, 6.07) is 4.35. The van der Waals surface area contributed by atoms with E-state index in [1.165, 1.54) is 12.1 Å². The van der Waals surface area contributed by atoms with Crippen LogP contribution in [0.2, 0.25) is 5.02 Å². The molecule has 2 rings (SSSR count). The van der Waals surface area contributed by atoms with Crippen LogP contribution in [0.25, 0.3) is 0 Å². The number of rotatable bonds is 2. The van der Waals surface area contributed by atoms with Crippen molar-refractivity contribution in [2.24, 2.45) is 5.92 Å². The quantitative estimate of drug-likeness (QED) is 0.736. The van der Waals surface area contributed by atoms with Gasteiger partial charge < -0.3 is 4.90 Å². The van der Waals surface area contributed by atoms with Crippen molar-refractivity contribution >= 4 is 33.4 Å². The van der Waals surface area contributed by atoms with Crippen molar-refractivity contribution in [2.75, 3.05) is 13.1 Å². The number of carbonyl (C=O) groups is 1. The molecule has 0 bridgehead atoms. The smallest absolute Gasteiger partial charge is 0.255 e. The monoisotopic (exact) mass is 347 g/mol. The first-order valence-corrected chi connectivity index (χ1v) is 7.67. The third-order valence-electron chi connectivity index (χ3n) is 3.66. The van der Waals surface area contributed by atoms with Crippen LogP contribution in [-0.2, 0) is 0 Å². The Morgan fingerprint density at radius 2 is 2.11 bits per heavy atom. The van der Waals surface area contributed by atoms with Crippen molar-refractivity contribution in [2.45, 2.75) is 24.6 Å². The third-order valence-corrected chi connectivity index (χ3v) is 4.79. The normalized spacial score (nSPS) is 18.4. The zero-order valence-corrected chi connectivity index (χ0v) is 13.0. The van der Waals surface area contributed by atoms with Gasteiger partial charge in [0.05, 0.1) is 10.6 Å². The molecule has 1 unspecified atom stereocenters. The molecular formula is C14H16BrClFNO. The van der Waals surface area contributed by atoms with Crippen molar-refractivity contribution < 1.29 is 9.18 Å². The highest BCUT2D eigenvalue weighted by atomic mass is 79.9. The minimum absolute atomic E-state index is 0.0801. The fourth-order valence-electron chi connectivity index (χ4n) is 2.40. The second kappa shape index (κ2) is 6.23. The van der Waals surface area contributed by atoms with E-state index in [1.54, 1.807) is 11.0 Å². The van der Waals surface area contributed by atoms with Crippen LogP contribution in [0, 0.1) is 11.7 Å². The van der Waals surface area contributed by atoms with Gasteiger partial charge in [-0.3, -0.25) is 4.79 Å². The predicted octanol–water partition coefficient (Wildman–Crippen LogP) is 4.11. The summed E-state index contributed by atoms with van der Waals surface area (Å²) in [5, 5.41) is -0.0801. The van der Waals surface area contributed by atoms with Crippen LogP contribution in [-0.4, -0.2) is 28.7 Å². The van der Waals surface area contributed by atoms with Gasteiger partial charge in [0.15, 0.2) is 0 Å². The van der Waals surface area contributed by atoms with Crippen LogP contribution in [0.3, 0.4) is 0 Å². The zero-order valence-electron chi connectivity index (χ0n) is 10.7. The van der Waals surface area contributed by atoms with Gasteiger partial charge in [-0.15, -0.1) is 0 Å². The lowest BCUT2D eigenvalue weighted by atomic mass is 9.94. The Labute approximate surface area is 126 Å². The molecule has 0 radical (unpaired) electrons. The fourth-order valence-corrected chi connectivity index (χ4v) is 3.14. The molecule has 0 saturated carbocycles. The summed E-state index contributed by atoms with van der Waals surface area (Å²) in [6.45, 7) is 3.53. The van der Waals surface area contributed by atoms with E-state index in [9.17, 15) is 9.18 Å². The average Bonchev–Trinajstić information content (AvgIpc) is 2.41. The van der Waals surface area contributed by atoms with Crippen molar-refractivity contribution in [1.82, 2.24) is 4.90 Å². The number of carbonyl (C=O) groups excluding carboxylic acids is 1. The van der Waals surface area contributed by atoms with Crippen molar-refractivity contribution in [3.05, 3.63) is 34.6 Å². The number of amides is 1. The molecule has 19 heavy (non-hydrogen) atoms. The zero-order chi connectivity index (χ0) is 14.0. The molecule has 1 amide bonds. The average molecular weight is 349 g/mol. The molecule has 1 fully saturated rings. The maximum atomic E-state index is 13.4. The van der Waals surface area contributed by atoms with Crippen LogP contribution >= 0.6 is 27.5 Å². The fraction of sp³-hybridized carbons (Fsp3) is 0.500. The maximum absolute atomic E-state index is 13.4. The first-order chi connectivity index (χ1) is 9.00. The first-order valence-electron chi connectivity index (χ1n) is 6.38. The highest BCUT2D eigenvalue weighted by Crippen LogP contribution is 2.27. The van der Waals surface area contributed by atoms with E-state index in [0.717, 1.165) is 12.8 Å². The summed E-state index contributed by atoms with van der Waals surface area (Å²) >= 11 is 9.44. The molecule has 0 N–H and O–H groups in total. The van der Waals surface area contributed by atoms with Gasteiger partial charge in [0.2, 0.25) is 0 Å². The number of benzene rings is 1. The second-order valence-corrected chi connectivity index (χ2v) is 6.73. The standard InChI is InChI=1S/C14H16BrClFNO/c1-9(15)10-5-7-18(8-6-10)14(19)11-3-2-4-12(17)13(11)16/h2-4,9-10H,5-8H2,1H3. The second-order valence-electron chi connectivity index (χ2n) is 4.91. The van der Waals surface area contributed by atoms with E-state index in [2.05, 4.69) is 22.9 Å². The van der Waals surface area contributed by atoms with Gasteiger partial charge in [-0.1, -0.05) is 40.5 Å². The molecule has 104 valence electrons. The van der Waals surface area contributed by atoms with Gasteiger partial charge in [-0.25, -0.2) is 4.39 Å². The molecule has 0 aromatic heterocycles. The number of halogens is 3. The van der Waals surface area contributed by atoms with Crippen LogP contribution in [0.5, 0.6) is 0 Å². The lowest BCUT2D eigenvalue weighted by Gasteiger charge is -2.33. The van der Waals surface area contributed by atoms with Crippen LogP contribution in [0.15, 0.2) is 18.2 Å². The van der Waals surface area contributed by atoms with Gasteiger partial charge in [-0.05, 0) is 30.9 Å². The Morgan fingerprint density at radius 3 is 2.68 bits per heavy atom. The van der Waals surface area contributed by atoms with E-state index < -0.39 is 5.82 Å². The number of piperidine rings is 1. The summed E-state index contributed by atoms with van der Waals surface area (Å²) in [6.07, 6.45) is 1.93. The van der Waals surface area contributed by atoms with Crippen LogP contribution in [0.4, 0.5) is 4.39 Å². The molecule has 1 aliphatic rings. The molecule has 1 aromatic rings. The molecule has 1 aliphatic heterocycles. The summed E-state index contributed by atoms with van der Waals surface area (Å²) < 4.78 is 13.4. The van der Waals surface area contributed by atoms with Crippen molar-refractivity contribution in [1.29, 1.82) is 0 Å². The minimum Gasteiger partial charge on any atom is -0.339 e. The molecular weight excluding hydrogens is 333 g/mol. The lowest BCUT2D eigenvalue weighted by molar-refractivity contribution is 0.0691. The molecule has 1 heterocycles. The van der Waals surface area contributed by atoms with Gasteiger partial charge in [0, 0.05) is 17.9 Å². The van der Waals surface area contributed by atoms with Crippen molar-refractivity contribution in [3.8, 4) is 0 Å². The van der Waals surface area contributed by atoms with Crippen LogP contribution in [0.1, 0.15) is 30.1 Å². The van der Waals surface area contributed by atoms with E-state index in [1.807, 2.05) is 0 Å². The SMILES string of the molecule is CC(Br)C1CCN(C(=O)c2cccc(F)c2Cl)CC1. The number of hydrogen-bond acceptors (Lipinski definition) is 1. The number of likely N-dealkylation sites (tertiary alicyclic amines) is 1. The molecule has 5 heteroatoms. The number of alkyl halides is 1. The van der Waals surface area contributed by atoms with Crippen molar-refractivity contribution in [3.63, 3.8) is 0 Å². The molecule has 0 aliphatic carbocycles. The van der Waals surface area contributed by atoms with Gasteiger partial charge in [0.25, 0.3) is 5.91 Å². The summed E-state index contributed by atoms with van der Waals surface area (Å²) in [5.74, 6) is -0.131. The molecule has 1 aromatic carbocycles. The Balaban J connectivity index is 2.07. The van der Waals surface area contributed by atoms with Gasteiger partial charge in [0.1, 0.15) is 5.82 Å². The Hall–Kier alpha value is -0.610. The largest absolute Gasteiger partial charge is 0.339 e. The third kappa shape index (κ3) is 3.29. The summed E-state index contributed by atoms with van der Waals surface area (Å²) in [5.41, 5.74) is 0.256. The van der Waals surface area contributed by atoms with Gasteiger partial charge >= 0.3 is 0 Å². The molecule has 2 nitrogen and oxygen atoms in total.